The topological polar surface area (TPSA) is 78.5 Å². The minimum absolute atomic E-state index is 0.0646. The summed E-state index contributed by atoms with van der Waals surface area (Å²) in [4.78, 5) is 11.6. The van der Waals surface area contributed by atoms with E-state index in [9.17, 15) is 13.2 Å². The monoisotopic (exact) mass is 297 g/mol. The van der Waals surface area contributed by atoms with Gasteiger partial charge in [-0.15, -0.1) is 0 Å². The van der Waals surface area contributed by atoms with Crippen LogP contribution in [0.1, 0.15) is 18.5 Å². The third-order valence-electron chi connectivity index (χ3n) is 3.43. The second kappa shape index (κ2) is 5.90. The fourth-order valence-corrected chi connectivity index (χ4v) is 3.53. The van der Waals surface area contributed by atoms with Gasteiger partial charge in [0.2, 0.25) is 15.9 Å². The van der Waals surface area contributed by atoms with Crippen LogP contribution in [0.3, 0.4) is 0 Å². The number of benzene rings is 1. The Morgan fingerprint density at radius 2 is 2.15 bits per heavy atom. The van der Waals surface area contributed by atoms with Crippen molar-refractivity contribution in [1.29, 1.82) is 0 Å². The summed E-state index contributed by atoms with van der Waals surface area (Å²) < 4.78 is 26.3. The van der Waals surface area contributed by atoms with E-state index in [2.05, 4.69) is 10.6 Å². The highest BCUT2D eigenvalue weighted by atomic mass is 32.2. The molecule has 0 aliphatic carbocycles. The van der Waals surface area contributed by atoms with E-state index in [0.29, 0.717) is 13.1 Å². The zero-order valence-electron chi connectivity index (χ0n) is 11.6. The summed E-state index contributed by atoms with van der Waals surface area (Å²) >= 11 is 0. The lowest BCUT2D eigenvalue weighted by Crippen LogP contribution is -2.49. The minimum Gasteiger partial charge on any atom is -0.354 e. The first-order valence-corrected chi connectivity index (χ1v) is 7.93. The fourth-order valence-electron chi connectivity index (χ4n) is 2.08. The number of carbonyl (C=O) groups excluding carboxylic acids is 1. The van der Waals surface area contributed by atoms with Crippen LogP contribution < -0.4 is 10.6 Å². The summed E-state index contributed by atoms with van der Waals surface area (Å²) in [6.07, 6.45) is 0. The van der Waals surface area contributed by atoms with Crippen LogP contribution in [-0.2, 0) is 14.8 Å². The molecule has 1 aromatic carbocycles. The molecule has 1 fully saturated rings. The van der Waals surface area contributed by atoms with E-state index in [1.54, 1.807) is 18.2 Å². The molecule has 0 saturated carbocycles. The Morgan fingerprint density at radius 3 is 2.80 bits per heavy atom. The molecule has 1 amide bonds. The molecule has 1 heterocycles. The maximum absolute atomic E-state index is 12.5. The van der Waals surface area contributed by atoms with E-state index >= 15 is 0 Å². The van der Waals surface area contributed by atoms with Crippen molar-refractivity contribution in [2.45, 2.75) is 17.9 Å². The Kier molecular flexibility index (Phi) is 4.42. The molecule has 110 valence electrons. The number of amides is 1. The maximum Gasteiger partial charge on any atom is 0.243 e. The summed E-state index contributed by atoms with van der Waals surface area (Å²) in [5, 5.41) is 5.69. The van der Waals surface area contributed by atoms with Gasteiger partial charge in [-0.2, -0.15) is 4.31 Å². The van der Waals surface area contributed by atoms with Gasteiger partial charge in [-0.1, -0.05) is 12.1 Å². The highest BCUT2D eigenvalue weighted by molar-refractivity contribution is 7.89. The van der Waals surface area contributed by atoms with Gasteiger partial charge in [0.15, 0.2) is 0 Å². The lowest BCUT2D eigenvalue weighted by atomic mass is 10.1. The van der Waals surface area contributed by atoms with Crippen LogP contribution in [0.5, 0.6) is 0 Å². The Morgan fingerprint density at radius 1 is 1.40 bits per heavy atom. The average molecular weight is 297 g/mol. The molecule has 2 N–H and O–H groups in total. The highest BCUT2D eigenvalue weighted by Gasteiger charge is 2.29. The number of hydrogen-bond acceptors (Lipinski definition) is 4. The van der Waals surface area contributed by atoms with Crippen molar-refractivity contribution in [3.8, 4) is 0 Å². The van der Waals surface area contributed by atoms with E-state index in [-0.39, 0.29) is 23.4 Å². The van der Waals surface area contributed by atoms with Crippen LogP contribution in [0.2, 0.25) is 0 Å². The van der Waals surface area contributed by atoms with Crippen molar-refractivity contribution in [3.05, 3.63) is 29.8 Å². The van der Waals surface area contributed by atoms with Crippen molar-refractivity contribution >= 4 is 15.9 Å². The third kappa shape index (κ3) is 3.00. The largest absolute Gasteiger partial charge is 0.354 e. The smallest absolute Gasteiger partial charge is 0.243 e. The van der Waals surface area contributed by atoms with Crippen LogP contribution in [0, 0.1) is 0 Å². The first kappa shape index (κ1) is 15.0. The quantitative estimate of drug-likeness (QED) is 0.825. The molecule has 0 aromatic heterocycles. The van der Waals surface area contributed by atoms with Gasteiger partial charge in [0.25, 0.3) is 0 Å². The number of sulfonamides is 1. The number of piperazine rings is 1. The Bertz CT molecular complexity index is 601. The fraction of sp³-hybridized carbons (Fsp3) is 0.462. The molecule has 1 atom stereocenters. The minimum atomic E-state index is -3.61. The van der Waals surface area contributed by atoms with Gasteiger partial charge in [-0.3, -0.25) is 4.79 Å². The Hall–Kier alpha value is -1.44. The van der Waals surface area contributed by atoms with Crippen molar-refractivity contribution in [3.63, 3.8) is 0 Å². The van der Waals surface area contributed by atoms with Crippen molar-refractivity contribution in [1.82, 2.24) is 14.9 Å². The third-order valence-corrected chi connectivity index (χ3v) is 5.27. The maximum atomic E-state index is 12.5. The van der Waals surface area contributed by atoms with Crippen molar-refractivity contribution < 1.29 is 13.2 Å². The van der Waals surface area contributed by atoms with Crippen LogP contribution in [0.25, 0.3) is 0 Å². The first-order chi connectivity index (χ1) is 9.45. The summed E-state index contributed by atoms with van der Waals surface area (Å²) in [5.41, 5.74) is 0.898. The standard InChI is InChI=1S/C13H19N3O3S/c1-10(14-2)11-4-3-5-12(8-11)20(18,19)16-7-6-15-13(17)9-16/h3-5,8,10,14H,6-7,9H2,1-2H3,(H,15,17). The van der Waals surface area contributed by atoms with Crippen LogP contribution in [0.4, 0.5) is 0 Å². The lowest BCUT2D eigenvalue weighted by molar-refractivity contribution is -0.122. The summed E-state index contributed by atoms with van der Waals surface area (Å²) in [6, 6.07) is 6.88. The van der Waals surface area contributed by atoms with Gasteiger partial charge in [0.05, 0.1) is 11.4 Å². The molecule has 1 aliphatic heterocycles. The summed E-state index contributed by atoms with van der Waals surface area (Å²) in [6.45, 7) is 2.50. The Balaban J connectivity index is 2.31. The van der Waals surface area contributed by atoms with Crippen molar-refractivity contribution in [2.75, 3.05) is 26.7 Å². The van der Waals surface area contributed by atoms with Gasteiger partial charge >= 0.3 is 0 Å². The highest BCUT2D eigenvalue weighted by Crippen LogP contribution is 2.20. The van der Waals surface area contributed by atoms with E-state index in [4.69, 9.17) is 0 Å². The molecule has 7 heteroatoms. The molecule has 1 saturated heterocycles. The molecule has 1 unspecified atom stereocenters. The van der Waals surface area contributed by atoms with Crippen LogP contribution in [0.15, 0.2) is 29.2 Å². The number of hydrogen-bond donors (Lipinski definition) is 2. The molecular weight excluding hydrogens is 278 g/mol. The molecule has 6 nitrogen and oxygen atoms in total. The van der Waals surface area contributed by atoms with E-state index in [0.717, 1.165) is 5.56 Å². The summed E-state index contributed by atoms with van der Waals surface area (Å²) in [5.74, 6) is -0.264. The predicted molar refractivity (Wildman–Crippen MR) is 75.7 cm³/mol. The number of nitrogens with one attached hydrogen (secondary N) is 2. The van der Waals surface area contributed by atoms with Gasteiger partial charge in [-0.05, 0) is 31.7 Å². The van der Waals surface area contributed by atoms with E-state index < -0.39 is 10.0 Å². The SMILES string of the molecule is CNC(C)c1cccc(S(=O)(=O)N2CCNC(=O)C2)c1. The van der Waals surface area contributed by atoms with Crippen LogP contribution >= 0.6 is 0 Å². The molecule has 0 spiro atoms. The second-order valence-electron chi connectivity index (χ2n) is 4.77. The summed E-state index contributed by atoms with van der Waals surface area (Å²) in [7, 11) is -1.79. The van der Waals surface area contributed by atoms with Gasteiger partial charge in [0.1, 0.15) is 0 Å². The van der Waals surface area contributed by atoms with Gasteiger partial charge < -0.3 is 10.6 Å². The van der Waals surface area contributed by atoms with Crippen LogP contribution in [-0.4, -0.2) is 45.3 Å². The Labute approximate surface area is 119 Å². The first-order valence-electron chi connectivity index (χ1n) is 6.49. The molecule has 1 aromatic rings. The molecule has 1 aliphatic rings. The lowest BCUT2D eigenvalue weighted by Gasteiger charge is -2.26. The predicted octanol–water partition coefficient (Wildman–Crippen LogP) is 0.0875. The molecule has 0 radical (unpaired) electrons. The molecule has 20 heavy (non-hydrogen) atoms. The van der Waals surface area contributed by atoms with Crippen molar-refractivity contribution in [2.24, 2.45) is 0 Å². The van der Waals surface area contributed by atoms with E-state index in [1.807, 2.05) is 20.0 Å². The normalized spacial score (nSPS) is 18.6. The zero-order valence-corrected chi connectivity index (χ0v) is 12.4. The molecule has 2 rings (SSSR count). The number of rotatable bonds is 4. The number of carbonyl (C=O) groups is 1. The second-order valence-corrected chi connectivity index (χ2v) is 6.71. The number of nitrogens with zero attached hydrogens (tertiary/aromatic N) is 1. The van der Waals surface area contributed by atoms with E-state index in [1.165, 1.54) is 4.31 Å². The molecular formula is C13H19N3O3S. The molecule has 0 bridgehead atoms. The van der Waals surface area contributed by atoms with Gasteiger partial charge in [-0.25, -0.2) is 8.42 Å². The average Bonchev–Trinajstić information content (AvgIpc) is 2.46. The zero-order chi connectivity index (χ0) is 14.8. The van der Waals surface area contributed by atoms with Gasteiger partial charge in [0, 0.05) is 19.1 Å².